The van der Waals surface area contributed by atoms with Gasteiger partial charge in [-0.3, -0.25) is 9.89 Å². The fourth-order valence-electron chi connectivity index (χ4n) is 1.50. The molecule has 6 heteroatoms. The first kappa shape index (κ1) is 12.6. The topological polar surface area (TPSA) is 57.8 Å². The molecule has 0 aliphatic carbocycles. The Morgan fingerprint density at radius 2 is 2.33 bits per heavy atom. The monoisotopic (exact) mass is 267 g/mol. The van der Waals surface area contributed by atoms with Crippen molar-refractivity contribution in [2.24, 2.45) is 0 Å². The number of aromatic amines is 1. The van der Waals surface area contributed by atoms with Gasteiger partial charge in [0.2, 0.25) is 0 Å². The van der Waals surface area contributed by atoms with Crippen LogP contribution in [0.4, 0.5) is 4.39 Å². The van der Waals surface area contributed by atoms with E-state index < -0.39 is 11.7 Å². The molecular weight excluding hydrogens is 257 g/mol. The summed E-state index contributed by atoms with van der Waals surface area (Å²) >= 11 is 5.61. The summed E-state index contributed by atoms with van der Waals surface area (Å²) in [5.74, 6) is -1.21. The lowest BCUT2D eigenvalue weighted by molar-refractivity contribution is 0.0947. The number of nitrogens with zero attached hydrogens (tertiary/aromatic N) is 1. The number of hydrogen-bond donors (Lipinski definition) is 2. The number of carbonyl (C=O) groups excluding carboxylic acids is 1. The largest absolute Gasteiger partial charge is 0.348 e. The number of H-pyrrole nitrogens is 1. The van der Waals surface area contributed by atoms with Crippen molar-refractivity contribution in [1.82, 2.24) is 15.5 Å². The summed E-state index contributed by atoms with van der Waals surface area (Å²) in [6.07, 6.45) is 1.62. The van der Waals surface area contributed by atoms with E-state index in [1.807, 2.05) is 6.92 Å². The molecule has 2 aromatic rings. The molecule has 2 N–H and O–H groups in total. The molecule has 0 bridgehead atoms. The summed E-state index contributed by atoms with van der Waals surface area (Å²) in [7, 11) is 0. The highest BCUT2D eigenvalue weighted by molar-refractivity contribution is 6.31. The molecule has 94 valence electrons. The van der Waals surface area contributed by atoms with Crippen molar-refractivity contribution in [2.45, 2.75) is 13.5 Å². The van der Waals surface area contributed by atoms with E-state index in [1.54, 1.807) is 6.20 Å². The summed E-state index contributed by atoms with van der Waals surface area (Å²) in [6.45, 7) is 2.13. The van der Waals surface area contributed by atoms with Crippen LogP contribution in [0.2, 0.25) is 5.02 Å². The van der Waals surface area contributed by atoms with Crippen molar-refractivity contribution >= 4 is 17.5 Å². The second kappa shape index (κ2) is 5.18. The number of benzene rings is 1. The molecule has 0 unspecified atom stereocenters. The van der Waals surface area contributed by atoms with Gasteiger partial charge in [0, 0.05) is 17.8 Å². The number of rotatable bonds is 3. The van der Waals surface area contributed by atoms with Gasteiger partial charge in [-0.25, -0.2) is 4.39 Å². The number of carbonyl (C=O) groups is 1. The summed E-state index contributed by atoms with van der Waals surface area (Å²) in [6, 6.07) is 4.32. The van der Waals surface area contributed by atoms with Gasteiger partial charge < -0.3 is 5.32 Å². The lowest BCUT2D eigenvalue weighted by atomic mass is 10.2. The Hall–Kier alpha value is -1.88. The molecule has 1 aromatic heterocycles. The highest BCUT2D eigenvalue weighted by atomic mass is 35.5. The molecule has 1 amide bonds. The van der Waals surface area contributed by atoms with Gasteiger partial charge in [0.15, 0.2) is 5.82 Å². The van der Waals surface area contributed by atoms with Crippen LogP contribution in [0.1, 0.15) is 21.6 Å². The van der Waals surface area contributed by atoms with Crippen LogP contribution < -0.4 is 5.32 Å². The van der Waals surface area contributed by atoms with Gasteiger partial charge in [-0.05, 0) is 19.1 Å². The number of hydrogen-bond acceptors (Lipinski definition) is 2. The SMILES string of the molecule is Cc1[nH]ncc1CNC(=O)c1cccc(Cl)c1F. The van der Waals surface area contributed by atoms with E-state index >= 15 is 0 Å². The second-order valence-corrected chi connectivity index (χ2v) is 4.21. The number of amides is 1. The van der Waals surface area contributed by atoms with Gasteiger partial charge in [-0.2, -0.15) is 5.10 Å². The quantitative estimate of drug-likeness (QED) is 0.897. The van der Waals surface area contributed by atoms with E-state index in [0.29, 0.717) is 0 Å². The standard InChI is InChI=1S/C12H11ClFN3O/c1-7-8(6-16-17-7)5-15-12(18)9-3-2-4-10(13)11(9)14/h2-4,6H,5H2,1H3,(H,15,18)(H,16,17). The van der Waals surface area contributed by atoms with E-state index in [2.05, 4.69) is 15.5 Å². The zero-order chi connectivity index (χ0) is 13.1. The molecule has 0 saturated heterocycles. The molecule has 1 heterocycles. The Morgan fingerprint density at radius 3 is 3.00 bits per heavy atom. The van der Waals surface area contributed by atoms with Crippen LogP contribution >= 0.6 is 11.6 Å². The third-order valence-electron chi connectivity index (χ3n) is 2.57. The van der Waals surface area contributed by atoms with Crippen molar-refractivity contribution < 1.29 is 9.18 Å². The Morgan fingerprint density at radius 1 is 1.56 bits per heavy atom. The van der Waals surface area contributed by atoms with Crippen LogP contribution in [0.5, 0.6) is 0 Å². The summed E-state index contributed by atoms with van der Waals surface area (Å²) < 4.78 is 13.6. The molecular formula is C12H11ClFN3O. The Balaban J connectivity index is 2.09. The van der Waals surface area contributed by atoms with E-state index in [4.69, 9.17) is 11.6 Å². The van der Waals surface area contributed by atoms with Crippen molar-refractivity contribution in [2.75, 3.05) is 0 Å². The van der Waals surface area contributed by atoms with E-state index in [-0.39, 0.29) is 17.1 Å². The number of nitrogens with one attached hydrogen (secondary N) is 2. The average Bonchev–Trinajstić information content (AvgIpc) is 2.75. The third kappa shape index (κ3) is 2.51. The summed E-state index contributed by atoms with van der Waals surface area (Å²) in [5, 5.41) is 9.13. The lowest BCUT2D eigenvalue weighted by Crippen LogP contribution is -2.24. The van der Waals surface area contributed by atoms with Gasteiger partial charge >= 0.3 is 0 Å². The normalized spacial score (nSPS) is 10.4. The highest BCUT2D eigenvalue weighted by Crippen LogP contribution is 2.17. The molecule has 4 nitrogen and oxygen atoms in total. The smallest absolute Gasteiger partial charge is 0.254 e. The molecule has 18 heavy (non-hydrogen) atoms. The predicted octanol–water partition coefficient (Wildman–Crippen LogP) is 2.44. The van der Waals surface area contributed by atoms with Gasteiger partial charge in [-0.1, -0.05) is 17.7 Å². The minimum Gasteiger partial charge on any atom is -0.348 e. The first-order valence-electron chi connectivity index (χ1n) is 5.30. The number of halogens is 2. The average molecular weight is 268 g/mol. The van der Waals surface area contributed by atoms with Crippen LogP contribution in [0.3, 0.4) is 0 Å². The van der Waals surface area contributed by atoms with Crippen molar-refractivity contribution in [3.8, 4) is 0 Å². The van der Waals surface area contributed by atoms with E-state index in [1.165, 1.54) is 18.2 Å². The summed E-state index contributed by atoms with van der Waals surface area (Å²) in [4.78, 5) is 11.8. The van der Waals surface area contributed by atoms with Crippen LogP contribution in [0.25, 0.3) is 0 Å². The Bertz CT molecular complexity index is 582. The van der Waals surface area contributed by atoms with E-state index in [9.17, 15) is 9.18 Å². The van der Waals surface area contributed by atoms with Crippen LogP contribution in [-0.2, 0) is 6.54 Å². The van der Waals surface area contributed by atoms with Crippen LogP contribution in [0.15, 0.2) is 24.4 Å². The first-order chi connectivity index (χ1) is 8.59. The van der Waals surface area contributed by atoms with Gasteiger partial charge in [-0.15, -0.1) is 0 Å². The molecule has 0 saturated carbocycles. The third-order valence-corrected chi connectivity index (χ3v) is 2.86. The zero-order valence-electron chi connectivity index (χ0n) is 9.63. The fourth-order valence-corrected chi connectivity index (χ4v) is 1.68. The molecule has 0 aliphatic heterocycles. The number of aryl methyl sites for hydroxylation is 1. The molecule has 0 spiro atoms. The van der Waals surface area contributed by atoms with Gasteiger partial charge in [0.05, 0.1) is 16.8 Å². The van der Waals surface area contributed by atoms with Crippen molar-refractivity contribution in [1.29, 1.82) is 0 Å². The van der Waals surface area contributed by atoms with Gasteiger partial charge in [0.1, 0.15) is 0 Å². The highest BCUT2D eigenvalue weighted by Gasteiger charge is 2.14. The van der Waals surface area contributed by atoms with Crippen LogP contribution in [-0.4, -0.2) is 16.1 Å². The molecule has 0 atom stereocenters. The molecule has 0 radical (unpaired) electrons. The molecule has 1 aromatic carbocycles. The predicted molar refractivity (Wildman–Crippen MR) is 65.9 cm³/mol. The first-order valence-corrected chi connectivity index (χ1v) is 5.68. The van der Waals surface area contributed by atoms with Crippen molar-refractivity contribution in [3.05, 3.63) is 52.1 Å². The molecule has 0 aliphatic rings. The maximum atomic E-state index is 13.6. The molecule has 2 rings (SSSR count). The fraction of sp³-hybridized carbons (Fsp3) is 0.167. The van der Waals surface area contributed by atoms with Crippen LogP contribution in [0, 0.1) is 12.7 Å². The summed E-state index contributed by atoms with van der Waals surface area (Å²) in [5.41, 5.74) is 1.65. The minimum absolute atomic E-state index is 0.0661. The Labute approximate surface area is 108 Å². The maximum absolute atomic E-state index is 13.6. The molecule has 0 fully saturated rings. The van der Waals surface area contributed by atoms with Gasteiger partial charge in [0.25, 0.3) is 5.91 Å². The van der Waals surface area contributed by atoms with E-state index in [0.717, 1.165) is 11.3 Å². The maximum Gasteiger partial charge on any atom is 0.254 e. The minimum atomic E-state index is -0.708. The van der Waals surface area contributed by atoms with Crippen molar-refractivity contribution in [3.63, 3.8) is 0 Å². The lowest BCUT2D eigenvalue weighted by Gasteiger charge is -2.06. The Kier molecular flexibility index (Phi) is 3.62. The second-order valence-electron chi connectivity index (χ2n) is 3.80. The zero-order valence-corrected chi connectivity index (χ0v) is 10.4. The number of aromatic nitrogens is 2.